The number of hydrogen-bond acceptors (Lipinski definition) is 0. The first-order valence-corrected chi connectivity index (χ1v) is 6.68. The lowest BCUT2D eigenvalue weighted by atomic mass is 10.8. The van der Waals surface area contributed by atoms with Gasteiger partial charge >= 0.3 is 0 Å². The van der Waals surface area contributed by atoms with Gasteiger partial charge in [-0.05, 0) is 18.8 Å². The second-order valence-electron chi connectivity index (χ2n) is 2.25. The summed E-state index contributed by atoms with van der Waals surface area (Å²) >= 11 is 2.27. The zero-order valence-electron chi connectivity index (χ0n) is 5.49. The molecule has 0 fully saturated rings. The average molecular weight is 242 g/mol. The molecule has 0 radical (unpaired) electrons. The zero-order valence-corrected chi connectivity index (χ0v) is 8.47. The van der Waals surface area contributed by atoms with Gasteiger partial charge in [-0.15, -0.1) is 0 Å². The molecular weight excluding hydrogens is 231 g/mol. The molecule has 0 spiro atoms. The summed E-state index contributed by atoms with van der Waals surface area (Å²) in [7, 11) is -0.552. The van der Waals surface area contributed by atoms with Crippen LogP contribution in [-0.4, -0.2) is 23.2 Å². The Hall–Kier alpha value is 0.640. The van der Waals surface area contributed by atoms with Crippen molar-refractivity contribution in [3.05, 3.63) is 0 Å². The lowest BCUT2D eigenvalue weighted by Gasteiger charge is -2.14. The van der Waals surface area contributed by atoms with Crippen LogP contribution in [-0.2, 0) is 0 Å². The minimum atomic E-state index is -0.552. The van der Waals surface area contributed by atoms with Crippen molar-refractivity contribution in [3.63, 3.8) is 0 Å². The van der Waals surface area contributed by atoms with Crippen molar-refractivity contribution in [2.45, 2.75) is 0 Å². The summed E-state index contributed by atoms with van der Waals surface area (Å²) in [5, 5.41) is 3.20. The Bertz CT molecular complexity index is 113. The molecule has 0 unspecified atom stereocenters. The first-order valence-electron chi connectivity index (χ1n) is 2.30. The highest BCUT2D eigenvalue weighted by Gasteiger charge is 1.93. The third-order valence-electron chi connectivity index (χ3n) is 0.445. The van der Waals surface area contributed by atoms with Gasteiger partial charge in [0, 0.05) is 0 Å². The lowest BCUT2D eigenvalue weighted by molar-refractivity contribution is 2.03. The Morgan fingerprint density at radius 2 is 1.88 bits per heavy atom. The average Bonchev–Trinajstić information content (AvgIpc) is 1.59. The van der Waals surface area contributed by atoms with Crippen molar-refractivity contribution in [3.8, 4) is 11.2 Å². The molecule has 0 nitrogen and oxygen atoms in total. The Labute approximate surface area is 66.9 Å². The van der Waals surface area contributed by atoms with Crippen LogP contribution in [0.15, 0.2) is 0 Å². The van der Waals surface area contributed by atoms with Crippen molar-refractivity contribution in [1.82, 2.24) is 0 Å². The molecule has 0 aromatic rings. The monoisotopic (exact) mass is 242 g/mol. The molecule has 0 aliphatic carbocycles. The number of alkyl halides is 1. The molecule has 0 rings (SSSR count). The fourth-order valence-electron chi connectivity index (χ4n) is 0.244. The molecule has 0 atom stereocenters. The van der Waals surface area contributed by atoms with Crippen LogP contribution in [0, 0.1) is 11.2 Å². The minimum absolute atomic E-state index is 0.552. The van der Waals surface area contributed by atoms with Gasteiger partial charge in [0.15, 0.2) is 0 Å². The van der Waals surface area contributed by atoms with Crippen LogP contribution < -0.4 is 0 Å². The van der Waals surface area contributed by atoms with Gasteiger partial charge < -0.3 is 0 Å². The first-order chi connectivity index (χ1) is 3.56. The number of rotatable bonds is 0. The number of halogens is 1. The molecule has 2 heteroatoms. The molecular formula is C6H11IS. The molecule has 0 heterocycles. The Morgan fingerprint density at radius 1 is 1.38 bits per heavy atom. The van der Waals surface area contributed by atoms with E-state index in [1.54, 1.807) is 0 Å². The van der Waals surface area contributed by atoms with Gasteiger partial charge in [-0.25, -0.2) is 0 Å². The van der Waals surface area contributed by atoms with E-state index in [4.69, 9.17) is 0 Å². The SMILES string of the molecule is CS(C)(C)C#CCI. The van der Waals surface area contributed by atoms with Crippen molar-refractivity contribution >= 4 is 32.6 Å². The van der Waals surface area contributed by atoms with Gasteiger partial charge in [0.05, 0.1) is 4.43 Å². The predicted molar refractivity (Wildman–Crippen MR) is 52.0 cm³/mol. The maximum absolute atomic E-state index is 3.20. The lowest BCUT2D eigenvalue weighted by Crippen LogP contribution is -1.84. The molecule has 0 N–H and O–H groups in total. The van der Waals surface area contributed by atoms with E-state index in [0.29, 0.717) is 0 Å². The molecule has 0 saturated heterocycles. The topological polar surface area (TPSA) is 0 Å². The summed E-state index contributed by atoms with van der Waals surface area (Å²) < 4.78 is 0.960. The van der Waals surface area contributed by atoms with Crippen molar-refractivity contribution in [1.29, 1.82) is 0 Å². The molecule has 48 valence electrons. The van der Waals surface area contributed by atoms with Gasteiger partial charge in [0.2, 0.25) is 0 Å². The molecule has 0 aromatic heterocycles. The van der Waals surface area contributed by atoms with E-state index < -0.39 is 10.0 Å². The van der Waals surface area contributed by atoms with Gasteiger partial charge in [0.25, 0.3) is 0 Å². The van der Waals surface area contributed by atoms with Crippen molar-refractivity contribution in [2.75, 3.05) is 23.2 Å². The fourth-order valence-corrected chi connectivity index (χ4v) is 1.20. The van der Waals surface area contributed by atoms with Crippen LogP contribution >= 0.6 is 32.6 Å². The molecule has 0 bridgehead atoms. The van der Waals surface area contributed by atoms with Gasteiger partial charge in [0.1, 0.15) is 0 Å². The normalized spacial score (nSPS) is 12.0. The largest absolute Gasteiger partial charge is 0.186 e. The van der Waals surface area contributed by atoms with Crippen LogP contribution in [0.1, 0.15) is 0 Å². The van der Waals surface area contributed by atoms with E-state index in [0.717, 1.165) is 4.43 Å². The van der Waals surface area contributed by atoms with Gasteiger partial charge in [-0.1, -0.05) is 33.8 Å². The Kier molecular flexibility index (Phi) is 3.91. The van der Waals surface area contributed by atoms with Crippen LogP contribution in [0.4, 0.5) is 0 Å². The third kappa shape index (κ3) is 6.64. The predicted octanol–water partition coefficient (Wildman–Crippen LogP) is 2.08. The zero-order chi connectivity index (χ0) is 6.62. The molecule has 0 aliphatic rings. The molecule has 0 aromatic carbocycles. The molecule has 0 aliphatic heterocycles. The third-order valence-corrected chi connectivity index (χ3v) is 1.58. The highest BCUT2D eigenvalue weighted by Crippen LogP contribution is 2.31. The summed E-state index contributed by atoms with van der Waals surface area (Å²) in [6.07, 6.45) is 6.60. The van der Waals surface area contributed by atoms with Gasteiger partial charge in [-0.2, -0.15) is 10.0 Å². The van der Waals surface area contributed by atoms with E-state index in [1.807, 2.05) is 0 Å². The standard InChI is InChI=1S/C6H11IS/c1-8(2,3)6-4-5-7/h5H2,1-3H3. The highest BCUT2D eigenvalue weighted by atomic mass is 127. The summed E-state index contributed by atoms with van der Waals surface area (Å²) in [5.41, 5.74) is 0. The summed E-state index contributed by atoms with van der Waals surface area (Å²) in [5.74, 6) is 3.06. The minimum Gasteiger partial charge on any atom is -0.186 e. The second-order valence-corrected chi connectivity index (χ2v) is 6.89. The van der Waals surface area contributed by atoms with Crippen molar-refractivity contribution in [2.24, 2.45) is 0 Å². The van der Waals surface area contributed by atoms with E-state index in [-0.39, 0.29) is 0 Å². The highest BCUT2D eigenvalue weighted by molar-refractivity contribution is 14.1. The summed E-state index contributed by atoms with van der Waals surface area (Å²) in [6, 6.07) is 0. The summed E-state index contributed by atoms with van der Waals surface area (Å²) in [4.78, 5) is 0. The maximum atomic E-state index is 3.20. The maximum Gasteiger partial charge on any atom is 0.0617 e. The van der Waals surface area contributed by atoms with Gasteiger partial charge in [-0.3, -0.25) is 0 Å². The first kappa shape index (κ1) is 8.64. The smallest absolute Gasteiger partial charge is 0.0617 e. The van der Waals surface area contributed by atoms with E-state index >= 15 is 0 Å². The Balaban J connectivity index is 3.69. The molecule has 0 amide bonds. The van der Waals surface area contributed by atoms with Crippen molar-refractivity contribution < 1.29 is 0 Å². The number of hydrogen-bond donors (Lipinski definition) is 0. The van der Waals surface area contributed by atoms with E-state index in [2.05, 4.69) is 52.5 Å². The fraction of sp³-hybridized carbons (Fsp3) is 0.667. The van der Waals surface area contributed by atoms with Crippen LogP contribution in [0.3, 0.4) is 0 Å². The van der Waals surface area contributed by atoms with E-state index in [9.17, 15) is 0 Å². The molecule has 8 heavy (non-hydrogen) atoms. The van der Waals surface area contributed by atoms with Crippen LogP contribution in [0.2, 0.25) is 0 Å². The quantitative estimate of drug-likeness (QED) is 0.346. The Morgan fingerprint density at radius 3 is 2.00 bits per heavy atom. The van der Waals surface area contributed by atoms with Crippen LogP contribution in [0.25, 0.3) is 0 Å². The summed E-state index contributed by atoms with van der Waals surface area (Å²) in [6.45, 7) is 0. The second kappa shape index (κ2) is 3.62. The van der Waals surface area contributed by atoms with Crippen LogP contribution in [0.5, 0.6) is 0 Å². The molecule has 0 saturated carbocycles. The van der Waals surface area contributed by atoms with E-state index in [1.165, 1.54) is 0 Å².